The lowest BCUT2D eigenvalue weighted by atomic mass is 10.1. The Morgan fingerprint density at radius 2 is 1.75 bits per heavy atom. The number of aldehydes is 1. The van der Waals surface area contributed by atoms with E-state index in [2.05, 4.69) is 21.2 Å². The maximum absolute atomic E-state index is 12.1. The van der Waals surface area contributed by atoms with Gasteiger partial charge in [0.25, 0.3) is 5.91 Å². The third kappa shape index (κ3) is 3.78. The maximum atomic E-state index is 12.1. The molecule has 2 aromatic carbocycles. The molecule has 0 heterocycles. The number of benzene rings is 2. The minimum atomic E-state index is -0.531. The zero-order chi connectivity index (χ0) is 14.4. The van der Waals surface area contributed by atoms with E-state index in [-0.39, 0.29) is 5.91 Å². The molecule has 0 fully saturated rings. The van der Waals surface area contributed by atoms with E-state index in [1.807, 2.05) is 36.4 Å². The molecule has 1 N–H and O–H groups in total. The number of hydrogen-bond acceptors (Lipinski definition) is 2. The second kappa shape index (κ2) is 7.01. The molecular weight excluding hydrogens is 318 g/mol. The minimum absolute atomic E-state index is 0.259. The van der Waals surface area contributed by atoms with Crippen molar-refractivity contribution in [2.45, 2.75) is 12.5 Å². The normalized spacial score (nSPS) is 11.7. The summed E-state index contributed by atoms with van der Waals surface area (Å²) >= 11 is 3.33. The number of hydrogen-bond donors (Lipinski definition) is 1. The fourth-order valence-corrected chi connectivity index (χ4v) is 2.36. The first-order valence-electron chi connectivity index (χ1n) is 6.25. The van der Waals surface area contributed by atoms with Gasteiger partial charge in [-0.2, -0.15) is 0 Å². The summed E-state index contributed by atoms with van der Waals surface area (Å²) < 4.78 is 0.710. The molecule has 0 aromatic heterocycles. The average molecular weight is 332 g/mol. The summed E-state index contributed by atoms with van der Waals surface area (Å²) in [6.07, 6.45) is 1.25. The molecule has 3 nitrogen and oxygen atoms in total. The summed E-state index contributed by atoms with van der Waals surface area (Å²) in [5.41, 5.74) is 1.53. The van der Waals surface area contributed by atoms with Crippen molar-refractivity contribution in [1.29, 1.82) is 0 Å². The monoisotopic (exact) mass is 331 g/mol. The van der Waals surface area contributed by atoms with Crippen LogP contribution in [0, 0.1) is 0 Å². The van der Waals surface area contributed by atoms with Gasteiger partial charge in [-0.05, 0) is 40.0 Å². The van der Waals surface area contributed by atoms with Gasteiger partial charge < -0.3 is 10.1 Å². The van der Waals surface area contributed by atoms with Crippen molar-refractivity contribution in [3.8, 4) is 0 Å². The van der Waals surface area contributed by atoms with E-state index in [1.165, 1.54) is 0 Å². The molecule has 0 aliphatic carbocycles. The lowest BCUT2D eigenvalue weighted by Gasteiger charge is -2.13. The van der Waals surface area contributed by atoms with Crippen LogP contribution in [0.3, 0.4) is 0 Å². The predicted octanol–water partition coefficient (Wildman–Crippen LogP) is 2.99. The average Bonchev–Trinajstić information content (AvgIpc) is 2.48. The SMILES string of the molecule is O=CC(Cc1ccccc1)NC(=O)c1ccccc1Br. The number of amides is 1. The fourth-order valence-electron chi connectivity index (χ4n) is 1.89. The lowest BCUT2D eigenvalue weighted by molar-refractivity contribution is -0.109. The summed E-state index contributed by atoms with van der Waals surface area (Å²) in [6, 6.07) is 16.2. The predicted molar refractivity (Wildman–Crippen MR) is 81.6 cm³/mol. The molecule has 0 saturated heterocycles. The fraction of sp³-hybridized carbons (Fsp3) is 0.125. The zero-order valence-corrected chi connectivity index (χ0v) is 12.3. The number of carbonyl (C=O) groups excluding carboxylic acids is 2. The molecule has 0 aliphatic heterocycles. The molecule has 0 radical (unpaired) electrons. The Morgan fingerprint density at radius 1 is 1.10 bits per heavy atom. The van der Waals surface area contributed by atoms with E-state index in [0.29, 0.717) is 16.5 Å². The second-order valence-electron chi connectivity index (χ2n) is 4.39. The quantitative estimate of drug-likeness (QED) is 0.856. The van der Waals surface area contributed by atoms with Gasteiger partial charge in [-0.15, -0.1) is 0 Å². The minimum Gasteiger partial charge on any atom is -0.342 e. The van der Waals surface area contributed by atoms with Crippen molar-refractivity contribution in [3.63, 3.8) is 0 Å². The molecule has 0 aliphatic rings. The first-order chi connectivity index (χ1) is 9.70. The molecule has 1 atom stereocenters. The summed E-state index contributed by atoms with van der Waals surface area (Å²) in [4.78, 5) is 23.3. The van der Waals surface area contributed by atoms with Crippen molar-refractivity contribution >= 4 is 28.1 Å². The van der Waals surface area contributed by atoms with Gasteiger partial charge in [0.1, 0.15) is 6.29 Å². The van der Waals surface area contributed by atoms with Gasteiger partial charge in [-0.1, -0.05) is 42.5 Å². The Kier molecular flexibility index (Phi) is 5.07. The van der Waals surface area contributed by atoms with Crippen LogP contribution in [0.1, 0.15) is 15.9 Å². The number of rotatable bonds is 5. The van der Waals surface area contributed by atoms with Crippen LogP contribution in [0.4, 0.5) is 0 Å². The van der Waals surface area contributed by atoms with E-state index in [9.17, 15) is 9.59 Å². The molecule has 0 bridgehead atoms. The van der Waals surface area contributed by atoms with Gasteiger partial charge in [0.05, 0.1) is 11.6 Å². The largest absolute Gasteiger partial charge is 0.342 e. The standard InChI is InChI=1S/C16H14BrNO2/c17-15-9-5-4-8-14(15)16(20)18-13(11-19)10-12-6-2-1-3-7-12/h1-9,11,13H,10H2,(H,18,20). The Morgan fingerprint density at radius 3 is 2.40 bits per heavy atom. The van der Waals surface area contributed by atoms with Gasteiger partial charge >= 0.3 is 0 Å². The van der Waals surface area contributed by atoms with Crippen molar-refractivity contribution < 1.29 is 9.59 Å². The lowest BCUT2D eigenvalue weighted by Crippen LogP contribution is -2.37. The highest BCUT2D eigenvalue weighted by atomic mass is 79.9. The molecule has 1 unspecified atom stereocenters. The van der Waals surface area contributed by atoms with Gasteiger partial charge in [-0.25, -0.2) is 0 Å². The van der Waals surface area contributed by atoms with E-state index >= 15 is 0 Å². The van der Waals surface area contributed by atoms with Crippen LogP contribution in [0.25, 0.3) is 0 Å². The van der Waals surface area contributed by atoms with Crippen molar-refractivity contribution in [2.24, 2.45) is 0 Å². The van der Waals surface area contributed by atoms with Gasteiger partial charge in [-0.3, -0.25) is 4.79 Å². The second-order valence-corrected chi connectivity index (χ2v) is 5.24. The molecule has 4 heteroatoms. The number of nitrogens with one attached hydrogen (secondary N) is 1. The van der Waals surface area contributed by atoms with Crippen LogP contribution in [0.15, 0.2) is 59.1 Å². The van der Waals surface area contributed by atoms with Crippen LogP contribution >= 0.6 is 15.9 Å². The first-order valence-corrected chi connectivity index (χ1v) is 7.04. The Hall–Kier alpha value is -1.94. The molecule has 0 saturated carbocycles. The van der Waals surface area contributed by atoms with Crippen molar-refractivity contribution in [2.75, 3.05) is 0 Å². The highest BCUT2D eigenvalue weighted by molar-refractivity contribution is 9.10. The van der Waals surface area contributed by atoms with Crippen LogP contribution in [-0.4, -0.2) is 18.2 Å². The Balaban J connectivity index is 2.05. The maximum Gasteiger partial charge on any atom is 0.253 e. The van der Waals surface area contributed by atoms with E-state index in [0.717, 1.165) is 11.8 Å². The van der Waals surface area contributed by atoms with Crippen LogP contribution in [-0.2, 0) is 11.2 Å². The van der Waals surface area contributed by atoms with Crippen LogP contribution in [0.2, 0.25) is 0 Å². The smallest absolute Gasteiger partial charge is 0.253 e. The summed E-state index contributed by atoms with van der Waals surface area (Å²) in [7, 11) is 0. The highest BCUT2D eigenvalue weighted by Crippen LogP contribution is 2.15. The topological polar surface area (TPSA) is 46.2 Å². The first kappa shape index (κ1) is 14.5. The van der Waals surface area contributed by atoms with E-state index < -0.39 is 6.04 Å². The number of halogens is 1. The van der Waals surface area contributed by atoms with Gasteiger partial charge in [0, 0.05) is 4.47 Å². The third-order valence-corrected chi connectivity index (χ3v) is 3.59. The third-order valence-electron chi connectivity index (χ3n) is 2.90. The van der Waals surface area contributed by atoms with E-state index in [4.69, 9.17) is 0 Å². The molecular formula is C16H14BrNO2. The highest BCUT2D eigenvalue weighted by Gasteiger charge is 2.15. The van der Waals surface area contributed by atoms with E-state index in [1.54, 1.807) is 18.2 Å². The summed E-state index contributed by atoms with van der Waals surface area (Å²) in [5.74, 6) is -0.259. The van der Waals surface area contributed by atoms with Gasteiger partial charge in [0.2, 0.25) is 0 Å². The summed E-state index contributed by atoms with van der Waals surface area (Å²) in [5, 5.41) is 2.74. The van der Waals surface area contributed by atoms with Crippen LogP contribution < -0.4 is 5.32 Å². The zero-order valence-electron chi connectivity index (χ0n) is 10.8. The molecule has 102 valence electrons. The molecule has 20 heavy (non-hydrogen) atoms. The Bertz CT molecular complexity index is 598. The number of carbonyl (C=O) groups is 2. The molecule has 2 rings (SSSR count). The molecule has 1 amide bonds. The summed E-state index contributed by atoms with van der Waals surface area (Å²) in [6.45, 7) is 0. The van der Waals surface area contributed by atoms with Crippen LogP contribution in [0.5, 0.6) is 0 Å². The Labute approximate surface area is 126 Å². The molecule has 0 spiro atoms. The molecule has 2 aromatic rings. The van der Waals surface area contributed by atoms with Crippen molar-refractivity contribution in [1.82, 2.24) is 5.32 Å². The van der Waals surface area contributed by atoms with Crippen molar-refractivity contribution in [3.05, 3.63) is 70.2 Å². The van der Waals surface area contributed by atoms with Gasteiger partial charge in [0.15, 0.2) is 0 Å².